The lowest BCUT2D eigenvalue weighted by Crippen LogP contribution is -2.48. The Morgan fingerprint density at radius 3 is 2.91 bits per heavy atom. The molecule has 7 nitrogen and oxygen atoms in total. The summed E-state index contributed by atoms with van der Waals surface area (Å²) >= 11 is 0. The first-order valence-electron chi connectivity index (χ1n) is 8.07. The van der Waals surface area contributed by atoms with Gasteiger partial charge >= 0.3 is 6.03 Å². The van der Waals surface area contributed by atoms with Crippen LogP contribution >= 0.6 is 0 Å². The largest absolute Gasteiger partial charge is 0.469 e. The van der Waals surface area contributed by atoms with E-state index in [9.17, 15) is 14.4 Å². The van der Waals surface area contributed by atoms with Crippen molar-refractivity contribution in [1.82, 2.24) is 15.5 Å². The summed E-state index contributed by atoms with van der Waals surface area (Å²) in [4.78, 5) is 37.6. The average molecular weight is 317 g/mol. The maximum absolute atomic E-state index is 12.7. The Labute approximate surface area is 133 Å². The highest BCUT2D eigenvalue weighted by Crippen LogP contribution is 2.49. The smallest absolute Gasteiger partial charge is 0.322 e. The molecule has 3 fully saturated rings. The lowest BCUT2D eigenvalue weighted by Gasteiger charge is -2.34. The highest BCUT2D eigenvalue weighted by Gasteiger charge is 2.48. The predicted molar refractivity (Wildman–Crippen MR) is 79.3 cm³/mol. The molecule has 1 saturated carbocycles. The van der Waals surface area contributed by atoms with Crippen LogP contribution in [-0.4, -0.2) is 41.9 Å². The van der Waals surface area contributed by atoms with E-state index in [4.69, 9.17) is 4.42 Å². The third kappa shape index (κ3) is 2.60. The maximum atomic E-state index is 12.7. The molecule has 2 saturated heterocycles. The highest BCUT2D eigenvalue weighted by atomic mass is 16.3. The summed E-state index contributed by atoms with van der Waals surface area (Å²) in [6.07, 6.45) is 4.16. The molecule has 0 unspecified atom stereocenters. The van der Waals surface area contributed by atoms with Crippen LogP contribution in [0.15, 0.2) is 22.8 Å². The number of rotatable bonds is 3. The topological polar surface area (TPSA) is 91.7 Å². The molecular weight excluding hydrogens is 298 g/mol. The zero-order valence-corrected chi connectivity index (χ0v) is 12.7. The normalized spacial score (nSPS) is 33.3. The zero-order valence-electron chi connectivity index (χ0n) is 12.7. The lowest BCUT2D eigenvalue weighted by atomic mass is 9.90. The van der Waals surface area contributed by atoms with Crippen molar-refractivity contribution in [3.05, 3.63) is 24.2 Å². The van der Waals surface area contributed by atoms with Gasteiger partial charge in [0.1, 0.15) is 11.8 Å². The van der Waals surface area contributed by atoms with Gasteiger partial charge in [0.2, 0.25) is 5.91 Å². The molecule has 23 heavy (non-hydrogen) atoms. The molecule has 122 valence electrons. The van der Waals surface area contributed by atoms with Gasteiger partial charge in [-0.15, -0.1) is 0 Å². The zero-order chi connectivity index (χ0) is 16.0. The van der Waals surface area contributed by atoms with E-state index < -0.39 is 12.1 Å². The molecule has 4 amide bonds. The van der Waals surface area contributed by atoms with Crippen molar-refractivity contribution in [2.75, 3.05) is 13.1 Å². The van der Waals surface area contributed by atoms with Crippen molar-refractivity contribution >= 4 is 17.8 Å². The van der Waals surface area contributed by atoms with Crippen LogP contribution in [0.1, 0.15) is 30.9 Å². The van der Waals surface area contributed by atoms with Crippen LogP contribution in [0, 0.1) is 11.8 Å². The third-order valence-corrected chi connectivity index (χ3v) is 5.06. The van der Waals surface area contributed by atoms with E-state index in [-0.39, 0.29) is 29.6 Å². The van der Waals surface area contributed by atoms with Crippen LogP contribution < -0.4 is 10.6 Å². The minimum Gasteiger partial charge on any atom is -0.469 e. The van der Waals surface area contributed by atoms with Crippen molar-refractivity contribution in [2.45, 2.75) is 31.2 Å². The second-order valence-electron chi connectivity index (χ2n) is 6.59. The molecule has 3 aliphatic rings. The Hall–Kier alpha value is -2.31. The first kappa shape index (κ1) is 14.3. The van der Waals surface area contributed by atoms with E-state index >= 15 is 0 Å². The van der Waals surface area contributed by atoms with E-state index in [0.717, 1.165) is 31.6 Å². The monoisotopic (exact) mass is 317 g/mol. The summed E-state index contributed by atoms with van der Waals surface area (Å²) in [5, 5.41) is 4.92. The Morgan fingerprint density at radius 1 is 1.35 bits per heavy atom. The number of carbonyl (C=O) groups excluding carboxylic acids is 3. The number of urea groups is 1. The molecular formula is C16H19N3O4. The van der Waals surface area contributed by atoms with Gasteiger partial charge in [0.25, 0.3) is 5.91 Å². The Bertz CT molecular complexity index is 642. The van der Waals surface area contributed by atoms with Crippen LogP contribution in [0.25, 0.3) is 0 Å². The first-order valence-corrected chi connectivity index (χ1v) is 8.07. The van der Waals surface area contributed by atoms with Crippen molar-refractivity contribution in [3.63, 3.8) is 0 Å². The number of imide groups is 1. The molecule has 7 heteroatoms. The summed E-state index contributed by atoms with van der Waals surface area (Å²) in [6, 6.07) is 2.80. The van der Waals surface area contributed by atoms with Gasteiger partial charge in [0, 0.05) is 30.8 Å². The Balaban J connectivity index is 1.39. The third-order valence-electron chi connectivity index (χ3n) is 5.06. The summed E-state index contributed by atoms with van der Waals surface area (Å²) in [7, 11) is 0. The molecule has 1 aromatic heterocycles. The number of hydrogen-bond donors (Lipinski definition) is 2. The summed E-state index contributed by atoms with van der Waals surface area (Å²) in [5.74, 6) is 0.897. The van der Waals surface area contributed by atoms with Gasteiger partial charge in [-0.3, -0.25) is 14.9 Å². The van der Waals surface area contributed by atoms with Crippen LogP contribution in [0.5, 0.6) is 0 Å². The SMILES string of the molecule is O=C1NC(=O)[C@H]([C@@H]2CCCN(C(=O)[C@H]3C[C@@H]3c3ccco3)C2)N1. The predicted octanol–water partition coefficient (Wildman–Crippen LogP) is 0.830. The van der Waals surface area contributed by atoms with E-state index in [1.54, 1.807) is 6.26 Å². The second kappa shape index (κ2) is 5.40. The minimum atomic E-state index is -0.516. The molecule has 4 atom stereocenters. The lowest BCUT2D eigenvalue weighted by molar-refractivity contribution is -0.135. The van der Waals surface area contributed by atoms with Gasteiger partial charge < -0.3 is 14.6 Å². The molecule has 0 radical (unpaired) electrons. The number of nitrogens with zero attached hydrogens (tertiary/aromatic N) is 1. The molecule has 3 heterocycles. The van der Waals surface area contributed by atoms with Crippen LogP contribution in [0.4, 0.5) is 4.79 Å². The van der Waals surface area contributed by atoms with Gasteiger partial charge in [0.15, 0.2) is 0 Å². The fraction of sp³-hybridized carbons (Fsp3) is 0.562. The maximum Gasteiger partial charge on any atom is 0.322 e. The summed E-state index contributed by atoms with van der Waals surface area (Å²) in [6.45, 7) is 1.25. The molecule has 1 aromatic rings. The number of carbonyl (C=O) groups is 3. The van der Waals surface area contributed by atoms with Crippen molar-refractivity contribution in [3.8, 4) is 0 Å². The molecule has 2 aliphatic heterocycles. The Kier molecular flexibility index (Phi) is 3.36. The molecule has 0 spiro atoms. The molecule has 4 rings (SSSR count). The van der Waals surface area contributed by atoms with E-state index in [0.29, 0.717) is 6.54 Å². The molecule has 0 bridgehead atoms. The van der Waals surface area contributed by atoms with Gasteiger partial charge in [0.05, 0.1) is 6.26 Å². The number of hydrogen-bond acceptors (Lipinski definition) is 4. The van der Waals surface area contributed by atoms with Crippen LogP contribution in [0.2, 0.25) is 0 Å². The fourth-order valence-electron chi connectivity index (χ4n) is 3.77. The van der Waals surface area contributed by atoms with Gasteiger partial charge in [-0.25, -0.2) is 4.79 Å². The Morgan fingerprint density at radius 2 is 2.22 bits per heavy atom. The van der Waals surface area contributed by atoms with Crippen LogP contribution in [-0.2, 0) is 9.59 Å². The summed E-state index contributed by atoms with van der Waals surface area (Å²) in [5.41, 5.74) is 0. The number of likely N-dealkylation sites (tertiary alicyclic amines) is 1. The van der Waals surface area contributed by atoms with Gasteiger partial charge in [-0.2, -0.15) is 0 Å². The molecule has 1 aliphatic carbocycles. The van der Waals surface area contributed by atoms with Gasteiger partial charge in [-0.05, 0) is 31.4 Å². The van der Waals surface area contributed by atoms with Crippen molar-refractivity contribution in [2.24, 2.45) is 11.8 Å². The van der Waals surface area contributed by atoms with Gasteiger partial charge in [-0.1, -0.05) is 0 Å². The summed E-state index contributed by atoms with van der Waals surface area (Å²) < 4.78 is 5.38. The second-order valence-corrected chi connectivity index (χ2v) is 6.59. The minimum absolute atomic E-state index is 0.00750. The highest BCUT2D eigenvalue weighted by molar-refractivity contribution is 6.04. The van der Waals surface area contributed by atoms with Crippen molar-refractivity contribution in [1.29, 1.82) is 0 Å². The van der Waals surface area contributed by atoms with E-state index in [1.807, 2.05) is 17.0 Å². The average Bonchev–Trinajstić information content (AvgIpc) is 2.99. The first-order chi connectivity index (χ1) is 11.1. The quantitative estimate of drug-likeness (QED) is 0.808. The number of furan rings is 1. The van der Waals surface area contributed by atoms with E-state index in [1.165, 1.54) is 0 Å². The van der Waals surface area contributed by atoms with E-state index in [2.05, 4.69) is 10.6 Å². The number of nitrogens with one attached hydrogen (secondary N) is 2. The number of amides is 4. The fourth-order valence-corrected chi connectivity index (χ4v) is 3.77. The van der Waals surface area contributed by atoms with Crippen LogP contribution in [0.3, 0.4) is 0 Å². The molecule has 2 N–H and O–H groups in total. The van der Waals surface area contributed by atoms with Crippen molar-refractivity contribution < 1.29 is 18.8 Å². The molecule has 0 aromatic carbocycles. The number of piperidine rings is 1. The standard InChI is InChI=1S/C16H19N3O4/c20-14-13(17-16(22)18-14)9-3-1-5-19(8-9)15(21)11-7-10(11)12-4-2-6-23-12/h2,4,6,9-11,13H,1,3,5,7-8H2,(H2,17,18,20,22)/t9-,10+,11+,13+/m1/s1.